The number of nitrogen functional groups attached to an aromatic ring is 1. The molecule has 0 atom stereocenters. The van der Waals surface area contributed by atoms with Gasteiger partial charge in [0.05, 0.1) is 12.3 Å². The molecule has 0 saturated carbocycles. The lowest BCUT2D eigenvalue weighted by Gasteiger charge is -2.11. The molecule has 0 bridgehead atoms. The van der Waals surface area contributed by atoms with Crippen molar-refractivity contribution in [3.63, 3.8) is 0 Å². The molecule has 0 saturated heterocycles. The van der Waals surface area contributed by atoms with Gasteiger partial charge in [-0.25, -0.2) is 0 Å². The number of anilines is 1. The summed E-state index contributed by atoms with van der Waals surface area (Å²) in [4.78, 5) is 12.1. The minimum Gasteiger partial charge on any atom is -0.476 e. The number of pyridine rings is 1. The van der Waals surface area contributed by atoms with Crippen LogP contribution in [0.4, 0.5) is 5.69 Å². The Morgan fingerprint density at radius 3 is 2.74 bits per heavy atom. The van der Waals surface area contributed by atoms with Crippen LogP contribution in [-0.4, -0.2) is 21.6 Å². The molecule has 0 fully saturated rings. The second kappa shape index (κ2) is 5.99. The molecule has 0 amide bonds. The van der Waals surface area contributed by atoms with Crippen LogP contribution in [0.25, 0.3) is 0 Å². The number of hydrogen-bond donors (Lipinski definition) is 1. The standard InChI is InChI=1S/C13H16N4O2/c1-3-7-18-12-11(14)13(17-8-16-12)19-10-5-4-6-15-9(10)2/h4-6,8H,3,7,14H2,1-2H3. The zero-order chi connectivity index (χ0) is 13.7. The van der Waals surface area contributed by atoms with E-state index in [9.17, 15) is 0 Å². The Labute approximate surface area is 111 Å². The molecule has 6 heteroatoms. The first kappa shape index (κ1) is 13.1. The molecule has 2 N–H and O–H groups in total. The predicted octanol–water partition coefficient (Wildman–Crippen LogP) is 2.34. The van der Waals surface area contributed by atoms with Gasteiger partial charge < -0.3 is 15.2 Å². The summed E-state index contributed by atoms with van der Waals surface area (Å²) in [5, 5.41) is 0. The van der Waals surface area contributed by atoms with Gasteiger partial charge in [0.2, 0.25) is 11.8 Å². The Bertz CT molecular complexity index is 560. The third kappa shape index (κ3) is 3.09. The van der Waals surface area contributed by atoms with Crippen LogP contribution in [0.2, 0.25) is 0 Å². The van der Waals surface area contributed by atoms with Gasteiger partial charge in [-0.15, -0.1) is 0 Å². The van der Waals surface area contributed by atoms with Gasteiger partial charge in [-0.1, -0.05) is 6.92 Å². The van der Waals surface area contributed by atoms with Gasteiger partial charge in [-0.3, -0.25) is 4.98 Å². The molecule has 0 spiro atoms. The summed E-state index contributed by atoms with van der Waals surface area (Å²) >= 11 is 0. The van der Waals surface area contributed by atoms with E-state index in [1.807, 2.05) is 13.8 Å². The summed E-state index contributed by atoms with van der Waals surface area (Å²) < 4.78 is 11.1. The van der Waals surface area contributed by atoms with Crippen LogP contribution >= 0.6 is 0 Å². The average molecular weight is 260 g/mol. The number of aromatic nitrogens is 3. The first-order valence-electron chi connectivity index (χ1n) is 6.05. The van der Waals surface area contributed by atoms with Crippen LogP contribution in [0.1, 0.15) is 19.0 Å². The number of nitrogens with two attached hydrogens (primary N) is 1. The highest BCUT2D eigenvalue weighted by atomic mass is 16.5. The molecule has 0 aliphatic carbocycles. The Morgan fingerprint density at radius 2 is 2.00 bits per heavy atom. The van der Waals surface area contributed by atoms with E-state index in [1.54, 1.807) is 18.3 Å². The molecule has 6 nitrogen and oxygen atoms in total. The van der Waals surface area contributed by atoms with Gasteiger partial charge in [0.1, 0.15) is 6.33 Å². The Morgan fingerprint density at radius 1 is 1.21 bits per heavy atom. The molecule has 0 aromatic carbocycles. The van der Waals surface area contributed by atoms with E-state index >= 15 is 0 Å². The van der Waals surface area contributed by atoms with Crippen molar-refractivity contribution in [2.24, 2.45) is 0 Å². The number of nitrogens with zero attached hydrogens (tertiary/aromatic N) is 3. The molecule has 0 radical (unpaired) electrons. The number of rotatable bonds is 5. The summed E-state index contributed by atoms with van der Waals surface area (Å²) in [6.45, 7) is 4.40. The Hall–Kier alpha value is -2.37. The van der Waals surface area contributed by atoms with Crippen molar-refractivity contribution in [2.45, 2.75) is 20.3 Å². The van der Waals surface area contributed by atoms with Crippen molar-refractivity contribution >= 4 is 5.69 Å². The van der Waals surface area contributed by atoms with E-state index in [2.05, 4.69) is 15.0 Å². The largest absolute Gasteiger partial charge is 0.476 e. The lowest BCUT2D eigenvalue weighted by molar-refractivity contribution is 0.304. The lowest BCUT2D eigenvalue weighted by atomic mass is 10.3. The van der Waals surface area contributed by atoms with Gasteiger partial charge in [0.15, 0.2) is 11.4 Å². The molecule has 0 aliphatic rings. The zero-order valence-electron chi connectivity index (χ0n) is 11.0. The minimum atomic E-state index is 0.275. The maximum atomic E-state index is 5.93. The summed E-state index contributed by atoms with van der Waals surface area (Å²) in [5.41, 5.74) is 6.98. The van der Waals surface area contributed by atoms with E-state index in [1.165, 1.54) is 6.33 Å². The molecule has 2 aromatic rings. The van der Waals surface area contributed by atoms with E-state index in [0.29, 0.717) is 23.9 Å². The molecule has 2 heterocycles. The van der Waals surface area contributed by atoms with E-state index in [-0.39, 0.29) is 5.88 Å². The van der Waals surface area contributed by atoms with Gasteiger partial charge in [0, 0.05) is 6.20 Å². The third-order valence-corrected chi connectivity index (χ3v) is 2.42. The van der Waals surface area contributed by atoms with Gasteiger partial charge in [0.25, 0.3) is 0 Å². The van der Waals surface area contributed by atoms with E-state index in [0.717, 1.165) is 12.1 Å². The van der Waals surface area contributed by atoms with Crippen molar-refractivity contribution < 1.29 is 9.47 Å². The number of hydrogen-bond acceptors (Lipinski definition) is 6. The first-order valence-corrected chi connectivity index (χ1v) is 6.05. The van der Waals surface area contributed by atoms with E-state index < -0.39 is 0 Å². The molecular formula is C13H16N4O2. The van der Waals surface area contributed by atoms with Crippen LogP contribution in [-0.2, 0) is 0 Å². The predicted molar refractivity (Wildman–Crippen MR) is 71.3 cm³/mol. The SMILES string of the molecule is CCCOc1ncnc(Oc2cccnc2C)c1N. The molecule has 100 valence electrons. The van der Waals surface area contributed by atoms with Crippen molar-refractivity contribution in [1.29, 1.82) is 0 Å². The fourth-order valence-corrected chi connectivity index (χ4v) is 1.44. The van der Waals surface area contributed by atoms with Gasteiger partial charge >= 0.3 is 0 Å². The van der Waals surface area contributed by atoms with Crippen LogP contribution < -0.4 is 15.2 Å². The van der Waals surface area contributed by atoms with Crippen LogP contribution in [0, 0.1) is 6.92 Å². The van der Waals surface area contributed by atoms with Crippen LogP contribution in [0.15, 0.2) is 24.7 Å². The maximum Gasteiger partial charge on any atom is 0.249 e. The summed E-state index contributed by atoms with van der Waals surface area (Å²) in [5.74, 6) is 1.22. The normalized spacial score (nSPS) is 10.2. The van der Waals surface area contributed by atoms with Crippen molar-refractivity contribution in [1.82, 2.24) is 15.0 Å². The number of ether oxygens (including phenoxy) is 2. The second-order valence-electron chi connectivity index (χ2n) is 3.94. The summed E-state index contributed by atoms with van der Waals surface area (Å²) in [6, 6.07) is 3.59. The van der Waals surface area contributed by atoms with Crippen LogP contribution in [0.5, 0.6) is 17.5 Å². The minimum absolute atomic E-state index is 0.275. The fraction of sp³-hybridized carbons (Fsp3) is 0.308. The Balaban J connectivity index is 2.23. The summed E-state index contributed by atoms with van der Waals surface area (Å²) in [7, 11) is 0. The Kier molecular flexibility index (Phi) is 4.12. The molecule has 0 aliphatic heterocycles. The average Bonchev–Trinajstić information content (AvgIpc) is 2.42. The highest BCUT2D eigenvalue weighted by Gasteiger charge is 2.12. The highest BCUT2D eigenvalue weighted by molar-refractivity contribution is 5.56. The molecule has 0 unspecified atom stereocenters. The van der Waals surface area contributed by atoms with Gasteiger partial charge in [-0.05, 0) is 25.5 Å². The van der Waals surface area contributed by atoms with Crippen molar-refractivity contribution in [3.8, 4) is 17.5 Å². The second-order valence-corrected chi connectivity index (χ2v) is 3.94. The molecule has 19 heavy (non-hydrogen) atoms. The van der Waals surface area contributed by atoms with Crippen LogP contribution in [0.3, 0.4) is 0 Å². The maximum absolute atomic E-state index is 5.93. The van der Waals surface area contributed by atoms with Crippen molar-refractivity contribution in [3.05, 3.63) is 30.4 Å². The summed E-state index contributed by atoms with van der Waals surface area (Å²) in [6.07, 6.45) is 3.94. The highest BCUT2D eigenvalue weighted by Crippen LogP contribution is 2.31. The molecule has 2 aromatic heterocycles. The quantitative estimate of drug-likeness (QED) is 0.888. The van der Waals surface area contributed by atoms with Gasteiger partial charge in [-0.2, -0.15) is 9.97 Å². The first-order chi connectivity index (χ1) is 9.22. The fourth-order valence-electron chi connectivity index (χ4n) is 1.44. The molecular weight excluding hydrogens is 244 g/mol. The lowest BCUT2D eigenvalue weighted by Crippen LogP contribution is -2.04. The number of aryl methyl sites for hydroxylation is 1. The zero-order valence-corrected chi connectivity index (χ0v) is 11.0. The monoisotopic (exact) mass is 260 g/mol. The third-order valence-electron chi connectivity index (χ3n) is 2.42. The van der Waals surface area contributed by atoms with E-state index in [4.69, 9.17) is 15.2 Å². The molecule has 2 rings (SSSR count). The topological polar surface area (TPSA) is 83.2 Å². The smallest absolute Gasteiger partial charge is 0.249 e. The van der Waals surface area contributed by atoms with Crippen molar-refractivity contribution in [2.75, 3.05) is 12.3 Å².